The second kappa shape index (κ2) is 12.3. The van der Waals surface area contributed by atoms with Crippen LogP contribution >= 0.6 is 0 Å². The molecule has 5 N–H and O–H groups in total. The van der Waals surface area contributed by atoms with Crippen molar-refractivity contribution in [1.29, 1.82) is 0 Å². The molecule has 0 aromatic heterocycles. The minimum Gasteiger partial charge on any atom is -0.389 e. The van der Waals surface area contributed by atoms with Crippen LogP contribution in [0.2, 0.25) is 0 Å². The molecule has 0 aromatic carbocycles. The minimum absolute atomic E-state index is 0.0629. The molecular weight excluding hydrogens is 450 g/mol. The van der Waals surface area contributed by atoms with Gasteiger partial charge in [0.1, 0.15) is 0 Å². The van der Waals surface area contributed by atoms with Gasteiger partial charge in [-0.1, -0.05) is 36.8 Å². The quantitative estimate of drug-likeness (QED) is 0.0965. The van der Waals surface area contributed by atoms with Crippen molar-refractivity contribution in [3.05, 3.63) is 36.0 Å². The van der Waals surface area contributed by atoms with Crippen molar-refractivity contribution in [3.8, 4) is 0 Å². The highest BCUT2D eigenvalue weighted by Gasteiger charge is 2.51. The first kappa shape index (κ1) is 27.5. The lowest BCUT2D eigenvalue weighted by Gasteiger charge is -2.39. The summed E-state index contributed by atoms with van der Waals surface area (Å²) in [5.74, 6) is 5.06. The fourth-order valence-corrected chi connectivity index (χ4v) is 4.84. The molecule has 3 aliphatic rings. The number of carbonyl (C=O) groups excluding carboxylic acids is 2. The van der Waals surface area contributed by atoms with Gasteiger partial charge >= 0.3 is 0 Å². The van der Waals surface area contributed by atoms with Crippen LogP contribution in [0.15, 0.2) is 36.0 Å². The van der Waals surface area contributed by atoms with Gasteiger partial charge in [-0.25, -0.2) is 5.84 Å². The predicted molar refractivity (Wildman–Crippen MR) is 132 cm³/mol. The van der Waals surface area contributed by atoms with Crippen molar-refractivity contribution in [3.63, 3.8) is 0 Å². The normalized spacial score (nSPS) is 36.5. The average Bonchev–Trinajstić information content (AvgIpc) is 3.54. The summed E-state index contributed by atoms with van der Waals surface area (Å²) in [7, 11) is 0. The SMILES string of the molecule is CC(/C=C/[C@@H]1C[C@]2(CO2)C[C@@H](CC(=O)NN)O1)=C\C[C@@H]1O[C@H](C)[C@H](NC(=O)/C=C\[C@H](C)O)C[C@@H]1C. The summed E-state index contributed by atoms with van der Waals surface area (Å²) < 4.78 is 18.0. The van der Waals surface area contributed by atoms with Crippen molar-refractivity contribution < 1.29 is 28.9 Å². The third-order valence-corrected chi connectivity index (χ3v) is 6.98. The number of hydrogen-bond acceptors (Lipinski definition) is 7. The summed E-state index contributed by atoms with van der Waals surface area (Å²) in [6.45, 7) is 8.49. The third kappa shape index (κ3) is 8.54. The van der Waals surface area contributed by atoms with Crippen LogP contribution in [0.3, 0.4) is 0 Å². The summed E-state index contributed by atoms with van der Waals surface area (Å²) >= 11 is 0. The van der Waals surface area contributed by atoms with Crippen molar-refractivity contribution >= 4 is 11.8 Å². The van der Waals surface area contributed by atoms with Gasteiger partial charge in [-0.2, -0.15) is 0 Å². The summed E-state index contributed by atoms with van der Waals surface area (Å²) in [5.41, 5.74) is 3.12. The van der Waals surface area contributed by atoms with Gasteiger partial charge in [-0.15, -0.1) is 0 Å². The molecule has 3 rings (SSSR count). The van der Waals surface area contributed by atoms with E-state index in [4.69, 9.17) is 20.1 Å². The number of amides is 2. The lowest BCUT2D eigenvalue weighted by Crippen LogP contribution is -2.50. The van der Waals surface area contributed by atoms with Gasteiger partial charge in [-0.05, 0) is 39.5 Å². The third-order valence-electron chi connectivity index (χ3n) is 6.98. The van der Waals surface area contributed by atoms with Crippen molar-refractivity contribution in [2.24, 2.45) is 11.8 Å². The van der Waals surface area contributed by atoms with Crippen LogP contribution in [0.4, 0.5) is 0 Å². The molecule has 0 radical (unpaired) electrons. The first-order valence-electron chi connectivity index (χ1n) is 12.5. The number of epoxide rings is 1. The van der Waals surface area contributed by atoms with Gasteiger partial charge in [0.25, 0.3) is 0 Å². The van der Waals surface area contributed by atoms with Gasteiger partial charge in [-0.3, -0.25) is 15.0 Å². The Morgan fingerprint density at radius 1 is 1.23 bits per heavy atom. The van der Waals surface area contributed by atoms with E-state index in [9.17, 15) is 14.7 Å². The van der Waals surface area contributed by atoms with E-state index in [1.807, 2.05) is 13.0 Å². The number of ether oxygens (including phenoxy) is 3. The van der Waals surface area contributed by atoms with E-state index >= 15 is 0 Å². The zero-order valence-electron chi connectivity index (χ0n) is 21.2. The highest BCUT2D eigenvalue weighted by atomic mass is 16.6. The Balaban J connectivity index is 1.49. The van der Waals surface area contributed by atoms with Crippen LogP contribution in [-0.2, 0) is 23.8 Å². The number of rotatable bonds is 9. The Labute approximate surface area is 208 Å². The van der Waals surface area contributed by atoms with E-state index < -0.39 is 6.10 Å². The molecule has 1 spiro atoms. The van der Waals surface area contributed by atoms with E-state index in [1.165, 1.54) is 12.2 Å². The second-order valence-corrected chi connectivity index (χ2v) is 10.3. The van der Waals surface area contributed by atoms with Crippen LogP contribution < -0.4 is 16.6 Å². The Kier molecular flexibility index (Phi) is 9.66. The molecule has 3 aliphatic heterocycles. The Morgan fingerprint density at radius 3 is 2.63 bits per heavy atom. The molecule has 3 saturated heterocycles. The highest BCUT2D eigenvalue weighted by molar-refractivity contribution is 5.87. The number of hydrogen-bond donors (Lipinski definition) is 4. The Bertz CT molecular complexity index is 835. The molecule has 2 amide bonds. The molecule has 9 heteroatoms. The highest BCUT2D eigenvalue weighted by Crippen LogP contribution is 2.43. The molecule has 0 bridgehead atoms. The Morgan fingerprint density at radius 2 is 1.97 bits per heavy atom. The molecule has 3 heterocycles. The average molecular weight is 492 g/mol. The molecule has 0 aromatic rings. The number of nitrogens with one attached hydrogen (secondary N) is 2. The lowest BCUT2D eigenvalue weighted by atomic mass is 9.88. The van der Waals surface area contributed by atoms with E-state index in [0.717, 1.165) is 24.8 Å². The van der Waals surface area contributed by atoms with Gasteiger partial charge in [0, 0.05) is 18.9 Å². The number of allylic oxidation sites excluding steroid dienone is 2. The van der Waals surface area contributed by atoms with Crippen molar-refractivity contribution in [2.75, 3.05) is 6.61 Å². The number of carbonyl (C=O) groups is 2. The smallest absolute Gasteiger partial charge is 0.244 e. The monoisotopic (exact) mass is 491 g/mol. The maximum atomic E-state index is 12.1. The van der Waals surface area contributed by atoms with Gasteiger partial charge in [0.15, 0.2) is 0 Å². The number of nitrogens with two attached hydrogens (primary N) is 1. The Hall–Kier alpha value is -2.04. The summed E-state index contributed by atoms with van der Waals surface area (Å²) in [5, 5.41) is 12.3. The van der Waals surface area contributed by atoms with Gasteiger partial charge < -0.3 is 24.6 Å². The van der Waals surface area contributed by atoms with Crippen LogP contribution in [0.25, 0.3) is 0 Å². The molecule has 8 atom stereocenters. The van der Waals surface area contributed by atoms with Crippen LogP contribution in [0.1, 0.15) is 59.8 Å². The summed E-state index contributed by atoms with van der Waals surface area (Å²) in [6, 6.07) is -0.0629. The van der Waals surface area contributed by atoms with E-state index in [0.29, 0.717) is 13.0 Å². The molecular formula is C26H41N3O6. The fourth-order valence-electron chi connectivity index (χ4n) is 4.84. The maximum absolute atomic E-state index is 12.1. The largest absolute Gasteiger partial charge is 0.389 e. The minimum atomic E-state index is -0.653. The first-order chi connectivity index (χ1) is 16.6. The lowest BCUT2D eigenvalue weighted by molar-refractivity contribution is -0.127. The zero-order chi connectivity index (χ0) is 25.6. The molecule has 196 valence electrons. The fraction of sp³-hybridized carbons (Fsp3) is 0.692. The summed E-state index contributed by atoms with van der Waals surface area (Å²) in [6.07, 6.45) is 11.4. The standard InChI is InChI=1S/C26H41N3O6/c1-16(5-8-20-13-26(15-33-26)14-21(35-20)12-25(32)29-27)6-9-23-17(2)11-22(19(4)34-23)28-24(31)10-7-18(3)30/h5-8,10,17-23,30H,9,11-15,27H2,1-4H3,(H,28,31)(H,29,32)/b8-5+,10-7-,16-6+/t17-,18-,19+,20+,21+,22+,23-,26+/m0/s1. The van der Waals surface area contributed by atoms with Gasteiger partial charge in [0.05, 0.1) is 55.2 Å². The van der Waals surface area contributed by atoms with E-state index in [1.54, 1.807) is 6.92 Å². The number of aliphatic hydroxyl groups is 1. The molecule has 0 saturated carbocycles. The molecule has 0 unspecified atom stereocenters. The van der Waals surface area contributed by atoms with Crippen LogP contribution in [-0.4, -0.2) is 65.7 Å². The van der Waals surface area contributed by atoms with E-state index in [2.05, 4.69) is 36.7 Å². The molecule has 9 nitrogen and oxygen atoms in total. The van der Waals surface area contributed by atoms with Crippen LogP contribution in [0, 0.1) is 5.92 Å². The number of hydrazine groups is 1. The van der Waals surface area contributed by atoms with E-state index in [-0.39, 0.29) is 60.2 Å². The molecule has 3 fully saturated rings. The van der Waals surface area contributed by atoms with Crippen molar-refractivity contribution in [1.82, 2.24) is 10.7 Å². The second-order valence-electron chi connectivity index (χ2n) is 10.3. The molecule has 35 heavy (non-hydrogen) atoms. The zero-order valence-corrected chi connectivity index (χ0v) is 21.2. The molecule has 0 aliphatic carbocycles. The number of aliphatic hydroxyl groups excluding tert-OH is 1. The first-order valence-corrected chi connectivity index (χ1v) is 12.5. The van der Waals surface area contributed by atoms with Crippen molar-refractivity contribution in [2.45, 2.75) is 102 Å². The van der Waals surface area contributed by atoms with Gasteiger partial charge in [0.2, 0.25) is 11.8 Å². The summed E-state index contributed by atoms with van der Waals surface area (Å²) in [4.78, 5) is 23.7. The van der Waals surface area contributed by atoms with Crippen LogP contribution in [0.5, 0.6) is 0 Å². The topological polar surface area (TPSA) is 135 Å². The predicted octanol–water partition coefficient (Wildman–Crippen LogP) is 1.81. The maximum Gasteiger partial charge on any atom is 0.244 e.